The van der Waals surface area contributed by atoms with Crippen LogP contribution < -0.4 is 4.72 Å². The zero-order valence-electron chi connectivity index (χ0n) is 11.4. The molecule has 2 aromatic rings. The number of thiophene rings is 1. The monoisotopic (exact) mass is 311 g/mol. The highest BCUT2D eigenvalue weighted by Gasteiger charge is 2.32. The molecule has 0 spiro atoms. The number of ether oxygens (including phenoxy) is 1. The van der Waals surface area contributed by atoms with Gasteiger partial charge in [-0.15, -0.1) is 11.3 Å². The van der Waals surface area contributed by atoms with Crippen LogP contribution in [0.1, 0.15) is 12.5 Å². The summed E-state index contributed by atoms with van der Waals surface area (Å²) in [5.74, 6) is 0. The van der Waals surface area contributed by atoms with E-state index in [2.05, 4.69) is 4.72 Å². The van der Waals surface area contributed by atoms with E-state index in [1.165, 1.54) is 11.3 Å². The summed E-state index contributed by atoms with van der Waals surface area (Å²) in [5, 5.41) is 1.74. The van der Waals surface area contributed by atoms with Gasteiger partial charge < -0.3 is 4.74 Å². The van der Waals surface area contributed by atoms with Gasteiger partial charge in [-0.25, -0.2) is 8.42 Å². The van der Waals surface area contributed by atoms with Crippen molar-refractivity contribution in [2.75, 3.05) is 13.7 Å². The molecule has 108 valence electrons. The third kappa shape index (κ3) is 3.27. The van der Waals surface area contributed by atoms with Crippen molar-refractivity contribution in [1.29, 1.82) is 0 Å². The van der Waals surface area contributed by atoms with Gasteiger partial charge in [0.2, 0.25) is 0 Å². The van der Waals surface area contributed by atoms with Crippen LogP contribution in [-0.2, 0) is 20.3 Å². The van der Waals surface area contributed by atoms with E-state index in [9.17, 15) is 8.42 Å². The lowest BCUT2D eigenvalue weighted by atomic mass is 9.94. The Morgan fingerprint density at radius 1 is 1.20 bits per heavy atom. The highest BCUT2D eigenvalue weighted by molar-refractivity contribution is 7.91. The minimum absolute atomic E-state index is 0.252. The van der Waals surface area contributed by atoms with E-state index in [-0.39, 0.29) is 6.61 Å². The second kappa shape index (κ2) is 6.05. The summed E-state index contributed by atoms with van der Waals surface area (Å²) in [6.07, 6.45) is 0. The first-order valence-electron chi connectivity index (χ1n) is 6.10. The Balaban J connectivity index is 2.35. The minimum atomic E-state index is -3.56. The van der Waals surface area contributed by atoms with Gasteiger partial charge in [-0.3, -0.25) is 0 Å². The lowest BCUT2D eigenvalue weighted by Gasteiger charge is -2.30. The molecule has 2 rings (SSSR count). The molecule has 0 saturated heterocycles. The number of benzene rings is 1. The molecule has 0 unspecified atom stereocenters. The van der Waals surface area contributed by atoms with E-state index in [1.54, 1.807) is 24.6 Å². The Hall–Kier alpha value is -1.21. The first-order valence-corrected chi connectivity index (χ1v) is 8.46. The molecular formula is C14H17NO3S2. The van der Waals surface area contributed by atoms with Crippen molar-refractivity contribution >= 4 is 21.4 Å². The smallest absolute Gasteiger partial charge is 0.250 e. The van der Waals surface area contributed by atoms with Crippen LogP contribution in [0.25, 0.3) is 0 Å². The fourth-order valence-corrected chi connectivity index (χ4v) is 4.40. The van der Waals surface area contributed by atoms with Crippen LogP contribution in [0.4, 0.5) is 0 Å². The Morgan fingerprint density at radius 2 is 1.90 bits per heavy atom. The quantitative estimate of drug-likeness (QED) is 0.892. The molecule has 1 aromatic heterocycles. The molecule has 1 N–H and O–H groups in total. The average Bonchev–Trinajstić information content (AvgIpc) is 2.94. The molecule has 1 atom stereocenters. The van der Waals surface area contributed by atoms with Crippen LogP contribution in [0.3, 0.4) is 0 Å². The molecule has 0 radical (unpaired) electrons. The van der Waals surface area contributed by atoms with Crippen LogP contribution in [0.5, 0.6) is 0 Å². The van der Waals surface area contributed by atoms with Crippen molar-refractivity contribution in [2.45, 2.75) is 16.7 Å². The average molecular weight is 311 g/mol. The van der Waals surface area contributed by atoms with E-state index < -0.39 is 15.6 Å². The second-order valence-electron chi connectivity index (χ2n) is 4.67. The van der Waals surface area contributed by atoms with Gasteiger partial charge >= 0.3 is 0 Å². The van der Waals surface area contributed by atoms with Gasteiger partial charge in [0.15, 0.2) is 0 Å². The van der Waals surface area contributed by atoms with Crippen LogP contribution >= 0.6 is 11.3 Å². The van der Waals surface area contributed by atoms with E-state index in [1.807, 2.05) is 37.3 Å². The molecule has 4 nitrogen and oxygen atoms in total. The molecule has 0 aliphatic carbocycles. The Morgan fingerprint density at radius 3 is 2.45 bits per heavy atom. The summed E-state index contributed by atoms with van der Waals surface area (Å²) in [7, 11) is -2.00. The number of rotatable bonds is 6. The third-order valence-electron chi connectivity index (χ3n) is 2.96. The van der Waals surface area contributed by atoms with Crippen LogP contribution in [0.2, 0.25) is 0 Å². The largest absolute Gasteiger partial charge is 0.382 e. The molecule has 20 heavy (non-hydrogen) atoms. The minimum Gasteiger partial charge on any atom is -0.382 e. The highest BCUT2D eigenvalue weighted by atomic mass is 32.2. The van der Waals surface area contributed by atoms with Gasteiger partial charge in [-0.1, -0.05) is 36.4 Å². The van der Waals surface area contributed by atoms with Crippen molar-refractivity contribution < 1.29 is 13.2 Å². The van der Waals surface area contributed by atoms with Crippen LogP contribution in [0, 0.1) is 0 Å². The van der Waals surface area contributed by atoms with Crippen LogP contribution in [-0.4, -0.2) is 22.1 Å². The number of hydrogen-bond acceptors (Lipinski definition) is 4. The second-order valence-corrected chi connectivity index (χ2v) is 7.53. The standard InChI is InChI=1S/C14H17NO3S2/c1-14(11-18-2,12-7-4-3-5-8-12)15-20(16,17)13-9-6-10-19-13/h3-10,15H,11H2,1-2H3/t14-/m1/s1. The van der Waals surface area contributed by atoms with Gasteiger partial charge in [0.1, 0.15) is 4.21 Å². The lowest BCUT2D eigenvalue weighted by Crippen LogP contribution is -2.46. The maximum atomic E-state index is 12.4. The summed E-state index contributed by atoms with van der Waals surface area (Å²) >= 11 is 1.19. The molecule has 6 heteroatoms. The van der Waals surface area contributed by atoms with E-state index in [0.717, 1.165) is 5.56 Å². The normalized spacial score (nSPS) is 14.9. The maximum Gasteiger partial charge on any atom is 0.250 e. The maximum absolute atomic E-state index is 12.4. The molecule has 1 aromatic carbocycles. The fourth-order valence-electron chi connectivity index (χ4n) is 2.03. The van der Waals surface area contributed by atoms with E-state index in [4.69, 9.17) is 4.74 Å². The van der Waals surface area contributed by atoms with Gasteiger partial charge in [0.25, 0.3) is 10.0 Å². The lowest BCUT2D eigenvalue weighted by molar-refractivity contribution is 0.132. The van der Waals surface area contributed by atoms with Gasteiger partial charge in [-0.05, 0) is 23.9 Å². The predicted octanol–water partition coefficient (Wildman–Crippen LogP) is 2.59. The van der Waals surface area contributed by atoms with Gasteiger partial charge in [0, 0.05) is 7.11 Å². The summed E-state index contributed by atoms with van der Waals surface area (Å²) in [4.78, 5) is 0. The van der Waals surface area contributed by atoms with E-state index >= 15 is 0 Å². The topological polar surface area (TPSA) is 55.4 Å². The Bertz CT molecular complexity index is 638. The molecule has 1 heterocycles. The summed E-state index contributed by atoms with van der Waals surface area (Å²) in [6, 6.07) is 12.7. The fraction of sp³-hybridized carbons (Fsp3) is 0.286. The number of sulfonamides is 1. The zero-order valence-corrected chi connectivity index (χ0v) is 13.0. The predicted molar refractivity (Wildman–Crippen MR) is 80.3 cm³/mol. The Kier molecular flexibility index (Phi) is 4.59. The van der Waals surface area contributed by atoms with Crippen molar-refractivity contribution in [1.82, 2.24) is 4.72 Å². The van der Waals surface area contributed by atoms with Crippen molar-refractivity contribution in [3.8, 4) is 0 Å². The number of hydrogen-bond donors (Lipinski definition) is 1. The van der Waals surface area contributed by atoms with Gasteiger partial charge in [-0.2, -0.15) is 4.72 Å². The van der Waals surface area contributed by atoms with E-state index in [0.29, 0.717) is 4.21 Å². The first kappa shape index (κ1) is 15.2. The number of nitrogens with one attached hydrogen (secondary N) is 1. The molecular weight excluding hydrogens is 294 g/mol. The molecule has 0 fully saturated rings. The summed E-state index contributed by atoms with van der Waals surface area (Å²) < 4.78 is 33.1. The van der Waals surface area contributed by atoms with Crippen molar-refractivity contribution in [3.63, 3.8) is 0 Å². The molecule has 0 saturated carbocycles. The zero-order chi connectivity index (χ0) is 14.6. The van der Waals surface area contributed by atoms with Crippen molar-refractivity contribution in [3.05, 3.63) is 53.4 Å². The molecule has 0 aliphatic heterocycles. The highest BCUT2D eigenvalue weighted by Crippen LogP contribution is 2.25. The van der Waals surface area contributed by atoms with Crippen LogP contribution in [0.15, 0.2) is 52.1 Å². The molecule has 0 aliphatic rings. The SMILES string of the molecule is COC[C@@](C)(NS(=O)(=O)c1cccs1)c1ccccc1. The van der Waals surface area contributed by atoms with Gasteiger partial charge in [0.05, 0.1) is 12.1 Å². The molecule has 0 amide bonds. The first-order chi connectivity index (χ1) is 9.48. The summed E-state index contributed by atoms with van der Waals surface area (Å²) in [5.41, 5.74) is 0.0562. The Labute approximate surface area is 123 Å². The molecule has 0 bridgehead atoms. The van der Waals surface area contributed by atoms with Crippen molar-refractivity contribution in [2.24, 2.45) is 0 Å². The number of methoxy groups -OCH3 is 1. The summed E-state index contributed by atoms with van der Waals surface area (Å²) in [6.45, 7) is 2.07. The third-order valence-corrected chi connectivity index (χ3v) is 5.96.